The fraction of sp³-hybridized carbons (Fsp3) is 0.500. The first kappa shape index (κ1) is 20.0. The number of aliphatic hydroxyl groups excluding tert-OH is 1. The van der Waals surface area contributed by atoms with Crippen molar-refractivity contribution >= 4 is 11.9 Å². The van der Waals surface area contributed by atoms with Crippen molar-refractivity contribution in [2.45, 2.75) is 19.4 Å². The van der Waals surface area contributed by atoms with E-state index in [4.69, 9.17) is 24.9 Å². The molecule has 1 aromatic rings. The average molecular weight is 339 g/mol. The lowest BCUT2D eigenvalue weighted by Crippen LogP contribution is -2.29. The molecule has 2 unspecified atom stereocenters. The summed E-state index contributed by atoms with van der Waals surface area (Å²) >= 11 is 0. The van der Waals surface area contributed by atoms with Crippen LogP contribution in [-0.4, -0.2) is 53.5 Å². The maximum Gasteiger partial charge on any atom is 0.414 e. The lowest BCUT2D eigenvalue weighted by molar-refractivity contribution is -0.159. The van der Waals surface area contributed by atoms with Gasteiger partial charge in [0.2, 0.25) is 0 Å². The summed E-state index contributed by atoms with van der Waals surface area (Å²) in [6.45, 7) is 5.20. The van der Waals surface area contributed by atoms with Gasteiger partial charge in [-0.1, -0.05) is 29.8 Å². The minimum Gasteiger partial charge on any atom is -0.473 e. The summed E-state index contributed by atoms with van der Waals surface area (Å²) < 4.78 is 0. The number of nitrogens with one attached hydrogen (secondary N) is 3. The zero-order valence-corrected chi connectivity index (χ0v) is 13.7. The van der Waals surface area contributed by atoms with E-state index in [0.717, 1.165) is 26.1 Å². The van der Waals surface area contributed by atoms with Gasteiger partial charge in [0, 0.05) is 25.6 Å². The molecule has 1 aliphatic heterocycles. The molecule has 0 bridgehead atoms. The molecule has 2 atom stereocenters. The van der Waals surface area contributed by atoms with Crippen LogP contribution in [0.4, 0.5) is 0 Å². The summed E-state index contributed by atoms with van der Waals surface area (Å²) in [6, 6.07) is 9.07. The van der Waals surface area contributed by atoms with E-state index in [1.54, 1.807) is 0 Å². The molecule has 2 rings (SSSR count). The zero-order chi connectivity index (χ0) is 17.9. The highest BCUT2D eigenvalue weighted by Crippen LogP contribution is 2.24. The van der Waals surface area contributed by atoms with Crippen molar-refractivity contribution in [2.24, 2.45) is 5.92 Å². The smallest absolute Gasteiger partial charge is 0.414 e. The van der Waals surface area contributed by atoms with E-state index in [0.29, 0.717) is 12.0 Å². The van der Waals surface area contributed by atoms with Crippen LogP contribution in [0.25, 0.3) is 0 Å². The van der Waals surface area contributed by atoms with Crippen molar-refractivity contribution in [1.29, 1.82) is 0 Å². The van der Waals surface area contributed by atoms with Crippen LogP contribution < -0.4 is 16.2 Å². The van der Waals surface area contributed by atoms with Crippen LogP contribution in [0.2, 0.25) is 0 Å². The van der Waals surface area contributed by atoms with Crippen molar-refractivity contribution in [3.05, 3.63) is 35.4 Å². The number of aliphatic hydroxyl groups is 1. The van der Waals surface area contributed by atoms with Gasteiger partial charge >= 0.3 is 11.9 Å². The summed E-state index contributed by atoms with van der Waals surface area (Å²) in [7, 11) is 0. The second-order valence-corrected chi connectivity index (χ2v) is 5.57. The first-order valence-corrected chi connectivity index (χ1v) is 7.78. The molecule has 0 radical (unpaired) electrons. The summed E-state index contributed by atoms with van der Waals surface area (Å²) in [5, 5.41) is 26.9. The van der Waals surface area contributed by atoms with Crippen LogP contribution in [0.15, 0.2) is 24.3 Å². The molecule has 24 heavy (non-hydrogen) atoms. The molecule has 0 aliphatic carbocycles. The molecular weight excluding hydrogens is 314 g/mol. The topological polar surface area (TPSA) is 131 Å². The predicted octanol–water partition coefficient (Wildman–Crippen LogP) is -0.112. The molecule has 0 spiro atoms. The highest BCUT2D eigenvalue weighted by atomic mass is 16.4. The molecule has 0 amide bonds. The van der Waals surface area contributed by atoms with Crippen LogP contribution in [-0.2, 0) is 9.59 Å². The van der Waals surface area contributed by atoms with Gasteiger partial charge < -0.3 is 20.6 Å². The maximum absolute atomic E-state index is 9.10. The Morgan fingerprint density at radius 1 is 1.21 bits per heavy atom. The molecule has 8 nitrogen and oxygen atoms in total. The monoisotopic (exact) mass is 339 g/mol. The number of carboxylic acids is 2. The zero-order valence-electron chi connectivity index (χ0n) is 13.7. The van der Waals surface area contributed by atoms with Gasteiger partial charge in [0.25, 0.3) is 0 Å². The van der Waals surface area contributed by atoms with Crippen LogP contribution >= 0.6 is 0 Å². The first-order valence-electron chi connectivity index (χ1n) is 7.78. The highest BCUT2D eigenvalue weighted by molar-refractivity contribution is 6.27. The Labute approximate surface area is 140 Å². The number of hydrogen-bond acceptors (Lipinski definition) is 6. The van der Waals surface area contributed by atoms with E-state index < -0.39 is 11.9 Å². The summed E-state index contributed by atoms with van der Waals surface area (Å²) in [5.74, 6) is -3.10. The van der Waals surface area contributed by atoms with E-state index in [9.17, 15) is 0 Å². The first-order chi connectivity index (χ1) is 11.5. The van der Waals surface area contributed by atoms with Crippen LogP contribution in [0, 0.1) is 12.8 Å². The van der Waals surface area contributed by atoms with Gasteiger partial charge in [0.05, 0.1) is 6.04 Å². The minimum absolute atomic E-state index is 0.259. The molecule has 1 aromatic carbocycles. The molecule has 8 heteroatoms. The predicted molar refractivity (Wildman–Crippen MR) is 88.4 cm³/mol. The Hall–Kier alpha value is -2.00. The Bertz CT molecular complexity index is 509. The molecule has 134 valence electrons. The lowest BCUT2D eigenvalue weighted by Gasteiger charge is -2.19. The number of hydrazine groups is 1. The van der Waals surface area contributed by atoms with Crippen LogP contribution in [0.3, 0.4) is 0 Å². The summed E-state index contributed by atoms with van der Waals surface area (Å²) in [4.78, 5) is 18.2. The molecule has 1 fully saturated rings. The Morgan fingerprint density at radius 3 is 2.38 bits per heavy atom. The van der Waals surface area contributed by atoms with Gasteiger partial charge in [-0.25, -0.2) is 15.0 Å². The molecule has 1 saturated heterocycles. The molecule has 1 heterocycles. The van der Waals surface area contributed by atoms with Crippen molar-refractivity contribution in [3.8, 4) is 0 Å². The second-order valence-electron chi connectivity index (χ2n) is 5.57. The van der Waals surface area contributed by atoms with Gasteiger partial charge in [-0.3, -0.25) is 5.43 Å². The van der Waals surface area contributed by atoms with E-state index in [1.165, 1.54) is 11.1 Å². The number of carbonyl (C=O) groups is 2. The lowest BCUT2D eigenvalue weighted by atomic mass is 9.94. The fourth-order valence-electron chi connectivity index (χ4n) is 2.35. The van der Waals surface area contributed by atoms with E-state index >= 15 is 0 Å². The van der Waals surface area contributed by atoms with Crippen molar-refractivity contribution < 1.29 is 24.9 Å². The average Bonchev–Trinajstić information content (AvgIpc) is 3.01. The van der Waals surface area contributed by atoms with E-state index in [2.05, 4.69) is 47.4 Å². The summed E-state index contributed by atoms with van der Waals surface area (Å²) in [5.41, 5.74) is 9.21. The SMILES string of the molecule is Cc1ccc(C2NNCC2CNCCCO)cc1.O=C(O)C(=O)O. The third-order valence-corrected chi connectivity index (χ3v) is 3.63. The van der Waals surface area contributed by atoms with Crippen molar-refractivity contribution in [3.63, 3.8) is 0 Å². The standard InChI is InChI=1S/C14H23N3O.C2H2O4/c1-11-3-5-12(6-4-11)14-13(10-16-17-14)9-15-7-2-8-18;3-1(4)2(5)6/h3-6,13-18H,2,7-10H2,1H3;(H,3,4)(H,5,6). The van der Waals surface area contributed by atoms with Gasteiger partial charge in [-0.05, 0) is 25.5 Å². The van der Waals surface area contributed by atoms with Crippen LogP contribution in [0.5, 0.6) is 0 Å². The molecule has 0 saturated carbocycles. The minimum atomic E-state index is -1.82. The third-order valence-electron chi connectivity index (χ3n) is 3.63. The normalized spacial score (nSPS) is 19.4. The largest absolute Gasteiger partial charge is 0.473 e. The Kier molecular flexibility index (Phi) is 8.95. The summed E-state index contributed by atoms with van der Waals surface area (Å²) in [6.07, 6.45) is 0.822. The number of aliphatic carboxylic acids is 2. The number of carboxylic acid groups (broad SMARTS) is 2. The van der Waals surface area contributed by atoms with Gasteiger partial charge in [-0.2, -0.15) is 0 Å². The fourth-order valence-corrected chi connectivity index (χ4v) is 2.35. The molecular formula is C16H25N3O5. The Morgan fingerprint density at radius 2 is 1.83 bits per heavy atom. The van der Waals surface area contributed by atoms with E-state index in [1.807, 2.05) is 0 Å². The van der Waals surface area contributed by atoms with Crippen molar-refractivity contribution in [2.75, 3.05) is 26.2 Å². The number of hydrogen-bond donors (Lipinski definition) is 6. The highest BCUT2D eigenvalue weighted by Gasteiger charge is 2.27. The Balaban J connectivity index is 0.000000413. The van der Waals surface area contributed by atoms with Crippen LogP contribution in [0.1, 0.15) is 23.6 Å². The number of rotatable bonds is 6. The van der Waals surface area contributed by atoms with Gasteiger partial charge in [0.1, 0.15) is 0 Å². The molecule has 0 aromatic heterocycles. The molecule has 1 aliphatic rings. The van der Waals surface area contributed by atoms with Crippen molar-refractivity contribution in [1.82, 2.24) is 16.2 Å². The van der Waals surface area contributed by atoms with E-state index in [-0.39, 0.29) is 6.61 Å². The van der Waals surface area contributed by atoms with Gasteiger partial charge in [0.15, 0.2) is 0 Å². The van der Waals surface area contributed by atoms with Gasteiger partial charge in [-0.15, -0.1) is 0 Å². The number of benzene rings is 1. The quantitative estimate of drug-likeness (QED) is 0.313. The number of aryl methyl sites for hydroxylation is 1. The third kappa shape index (κ3) is 7.05. The molecule has 6 N–H and O–H groups in total. The second kappa shape index (κ2) is 10.7. The maximum atomic E-state index is 9.10.